The van der Waals surface area contributed by atoms with Crippen molar-refractivity contribution in [1.82, 2.24) is 19.4 Å². The van der Waals surface area contributed by atoms with Gasteiger partial charge in [-0.15, -0.1) is 0 Å². The van der Waals surface area contributed by atoms with Crippen LogP contribution >= 0.6 is 0 Å². The normalized spacial score (nSPS) is 15.4. The Labute approximate surface area is 211 Å². The van der Waals surface area contributed by atoms with E-state index in [4.69, 9.17) is 4.74 Å². The number of benzene rings is 1. The van der Waals surface area contributed by atoms with E-state index < -0.39 is 27.9 Å². The van der Waals surface area contributed by atoms with Crippen molar-refractivity contribution in [2.45, 2.75) is 51.5 Å². The lowest BCUT2D eigenvalue weighted by molar-refractivity contribution is -0.119. The highest BCUT2D eigenvalue weighted by Crippen LogP contribution is 2.27. The maximum absolute atomic E-state index is 13.4. The third kappa shape index (κ3) is 6.42. The molecule has 3 aromatic rings. The highest BCUT2D eigenvalue weighted by molar-refractivity contribution is 7.89. The van der Waals surface area contributed by atoms with E-state index in [1.807, 2.05) is 22.9 Å². The molecule has 1 aromatic carbocycles. The maximum atomic E-state index is 13.4. The second-order valence-corrected chi connectivity index (χ2v) is 11.1. The topological polar surface area (TPSA) is 119 Å². The Morgan fingerprint density at radius 3 is 2.53 bits per heavy atom. The van der Waals surface area contributed by atoms with Gasteiger partial charge in [-0.2, -0.15) is 0 Å². The molecule has 2 amide bonds. The standard InChI is InChI=1S/C26H32N4O5S/c1-18-24(30-15-9-14-22(25(30)27-18)35-17-19-10-5-3-6-11-19)26(32)28-21(20-12-7-4-8-13-20)16-23(31)29-36(2,33)34/h4,7-9,12-15,19,21H,3,5-6,10-11,16-17H2,1-2H3,(H,28,32)(H,29,31)/t21-/m0/s1. The van der Waals surface area contributed by atoms with Gasteiger partial charge in [0.1, 0.15) is 5.69 Å². The molecule has 2 aromatic heterocycles. The van der Waals surface area contributed by atoms with Gasteiger partial charge in [-0.1, -0.05) is 49.6 Å². The van der Waals surface area contributed by atoms with Crippen LogP contribution < -0.4 is 14.8 Å². The molecule has 1 aliphatic carbocycles. The maximum Gasteiger partial charge on any atom is 0.270 e. The van der Waals surface area contributed by atoms with E-state index in [0.717, 1.165) is 19.1 Å². The summed E-state index contributed by atoms with van der Waals surface area (Å²) in [6, 6.07) is 11.9. The Morgan fingerprint density at radius 1 is 1.11 bits per heavy atom. The second-order valence-electron chi connectivity index (χ2n) is 9.37. The number of hydrogen-bond donors (Lipinski definition) is 2. The summed E-state index contributed by atoms with van der Waals surface area (Å²) in [5.74, 6) is 0.0188. The van der Waals surface area contributed by atoms with Crippen LogP contribution in [-0.4, -0.2) is 42.5 Å². The largest absolute Gasteiger partial charge is 0.489 e. The van der Waals surface area contributed by atoms with Crippen LogP contribution in [0.1, 0.15) is 66.3 Å². The molecule has 0 bridgehead atoms. The van der Waals surface area contributed by atoms with Gasteiger partial charge in [0.05, 0.1) is 31.0 Å². The number of rotatable bonds is 9. The monoisotopic (exact) mass is 512 g/mol. The van der Waals surface area contributed by atoms with Crippen LogP contribution in [0.25, 0.3) is 5.65 Å². The number of aryl methyl sites for hydroxylation is 1. The van der Waals surface area contributed by atoms with Crippen molar-refractivity contribution < 1.29 is 22.7 Å². The van der Waals surface area contributed by atoms with Crippen LogP contribution in [0.2, 0.25) is 0 Å². The van der Waals surface area contributed by atoms with E-state index in [1.54, 1.807) is 41.8 Å². The number of carbonyl (C=O) groups is 2. The molecule has 0 spiro atoms. The van der Waals surface area contributed by atoms with Crippen LogP contribution in [0, 0.1) is 12.8 Å². The lowest BCUT2D eigenvalue weighted by atomic mass is 9.90. The summed E-state index contributed by atoms with van der Waals surface area (Å²) in [6.07, 6.45) is 8.50. The number of fused-ring (bicyclic) bond motifs is 1. The molecule has 1 saturated carbocycles. The first-order valence-corrected chi connectivity index (χ1v) is 14.1. The molecule has 2 heterocycles. The molecule has 36 heavy (non-hydrogen) atoms. The highest BCUT2D eigenvalue weighted by Gasteiger charge is 2.25. The van der Waals surface area contributed by atoms with Crippen molar-refractivity contribution in [2.24, 2.45) is 5.92 Å². The fraction of sp³-hybridized carbons (Fsp3) is 0.423. The van der Waals surface area contributed by atoms with Gasteiger partial charge in [-0.3, -0.25) is 18.7 Å². The minimum absolute atomic E-state index is 0.242. The van der Waals surface area contributed by atoms with Crippen molar-refractivity contribution in [3.63, 3.8) is 0 Å². The van der Waals surface area contributed by atoms with Gasteiger partial charge in [0.2, 0.25) is 15.9 Å². The first kappa shape index (κ1) is 25.7. The van der Waals surface area contributed by atoms with E-state index in [-0.39, 0.29) is 6.42 Å². The van der Waals surface area contributed by atoms with Crippen molar-refractivity contribution in [3.8, 4) is 5.75 Å². The minimum Gasteiger partial charge on any atom is -0.489 e. The zero-order chi connectivity index (χ0) is 25.7. The number of sulfonamides is 1. The molecule has 10 heteroatoms. The molecule has 192 valence electrons. The molecule has 1 atom stereocenters. The van der Waals surface area contributed by atoms with Gasteiger partial charge in [-0.05, 0) is 43.4 Å². The molecular weight excluding hydrogens is 480 g/mol. The van der Waals surface area contributed by atoms with Crippen LogP contribution in [-0.2, 0) is 14.8 Å². The summed E-state index contributed by atoms with van der Waals surface area (Å²) in [5, 5.41) is 2.89. The average Bonchev–Trinajstić information content (AvgIpc) is 3.18. The van der Waals surface area contributed by atoms with Crippen LogP contribution in [0.3, 0.4) is 0 Å². The smallest absolute Gasteiger partial charge is 0.270 e. The number of nitrogens with zero attached hydrogens (tertiary/aromatic N) is 2. The minimum atomic E-state index is -3.72. The second kappa shape index (κ2) is 11.1. The predicted octanol–water partition coefficient (Wildman–Crippen LogP) is 3.54. The third-order valence-corrected chi connectivity index (χ3v) is 7.00. The number of carbonyl (C=O) groups excluding carboxylic acids is 2. The fourth-order valence-electron chi connectivity index (χ4n) is 4.70. The molecule has 0 unspecified atom stereocenters. The van der Waals surface area contributed by atoms with Crippen molar-refractivity contribution in [3.05, 3.63) is 65.6 Å². The number of pyridine rings is 1. The van der Waals surface area contributed by atoms with E-state index in [0.29, 0.717) is 40.9 Å². The summed E-state index contributed by atoms with van der Waals surface area (Å²) >= 11 is 0. The number of ether oxygens (including phenoxy) is 1. The lowest BCUT2D eigenvalue weighted by Crippen LogP contribution is -2.36. The van der Waals surface area contributed by atoms with E-state index >= 15 is 0 Å². The molecular formula is C26H32N4O5S. The Morgan fingerprint density at radius 2 is 1.83 bits per heavy atom. The number of imidazole rings is 1. The van der Waals surface area contributed by atoms with E-state index in [1.165, 1.54) is 19.3 Å². The van der Waals surface area contributed by atoms with Crippen molar-refractivity contribution in [2.75, 3.05) is 12.9 Å². The SMILES string of the molecule is Cc1nc2c(OCC3CCCCC3)cccn2c1C(=O)N[C@@H](CC(=O)NS(C)(=O)=O)c1ccccc1. The summed E-state index contributed by atoms with van der Waals surface area (Å²) in [5.41, 5.74) is 2.09. The van der Waals surface area contributed by atoms with E-state index in [2.05, 4.69) is 10.3 Å². The first-order chi connectivity index (χ1) is 17.2. The first-order valence-electron chi connectivity index (χ1n) is 12.2. The molecule has 1 aliphatic rings. The quantitative estimate of drug-likeness (QED) is 0.453. The number of hydrogen-bond acceptors (Lipinski definition) is 6. The molecule has 0 saturated heterocycles. The van der Waals surface area contributed by atoms with Gasteiger partial charge in [0, 0.05) is 6.20 Å². The summed E-state index contributed by atoms with van der Waals surface area (Å²) < 4.78 is 32.8. The Bertz CT molecular complexity index is 1330. The van der Waals surface area contributed by atoms with Gasteiger partial charge in [0.15, 0.2) is 11.4 Å². The average molecular weight is 513 g/mol. The van der Waals surface area contributed by atoms with Crippen LogP contribution in [0.5, 0.6) is 5.75 Å². The van der Waals surface area contributed by atoms with Crippen LogP contribution in [0.15, 0.2) is 48.7 Å². The highest BCUT2D eigenvalue weighted by atomic mass is 32.2. The Kier molecular flexibility index (Phi) is 7.93. The summed E-state index contributed by atoms with van der Waals surface area (Å²) in [7, 11) is -3.72. The number of amides is 2. The molecule has 4 rings (SSSR count). The molecule has 0 aliphatic heterocycles. The predicted molar refractivity (Wildman–Crippen MR) is 136 cm³/mol. The molecule has 0 radical (unpaired) electrons. The van der Waals surface area contributed by atoms with Gasteiger partial charge < -0.3 is 10.1 Å². The Hall–Kier alpha value is -3.40. The summed E-state index contributed by atoms with van der Waals surface area (Å²) in [4.78, 5) is 30.4. The third-order valence-electron chi connectivity index (χ3n) is 6.40. The van der Waals surface area contributed by atoms with E-state index in [9.17, 15) is 18.0 Å². The zero-order valence-electron chi connectivity index (χ0n) is 20.6. The van der Waals surface area contributed by atoms with Crippen molar-refractivity contribution in [1.29, 1.82) is 0 Å². The van der Waals surface area contributed by atoms with Gasteiger partial charge in [-0.25, -0.2) is 13.4 Å². The Balaban J connectivity index is 1.56. The summed E-state index contributed by atoms with van der Waals surface area (Å²) in [6.45, 7) is 2.37. The number of aromatic nitrogens is 2. The molecule has 1 fully saturated rings. The molecule has 9 nitrogen and oxygen atoms in total. The molecule has 2 N–H and O–H groups in total. The zero-order valence-corrected chi connectivity index (χ0v) is 21.4. The lowest BCUT2D eigenvalue weighted by Gasteiger charge is -2.21. The van der Waals surface area contributed by atoms with Gasteiger partial charge in [0.25, 0.3) is 5.91 Å². The van der Waals surface area contributed by atoms with Gasteiger partial charge >= 0.3 is 0 Å². The van der Waals surface area contributed by atoms with Crippen LogP contribution in [0.4, 0.5) is 0 Å². The number of nitrogens with one attached hydrogen (secondary N) is 2. The van der Waals surface area contributed by atoms with Crippen molar-refractivity contribution >= 4 is 27.5 Å². The fourth-order valence-corrected chi connectivity index (χ4v) is 5.20.